The third kappa shape index (κ3) is 2.48. The summed E-state index contributed by atoms with van der Waals surface area (Å²) in [5.74, 6) is -0.301. The van der Waals surface area contributed by atoms with Crippen LogP contribution in [0.1, 0.15) is 13.3 Å². The van der Waals surface area contributed by atoms with E-state index < -0.39 is 0 Å². The number of rotatable bonds is 3. The highest BCUT2D eigenvalue weighted by molar-refractivity contribution is 5.70. The van der Waals surface area contributed by atoms with Crippen LogP contribution < -0.4 is 5.32 Å². The molecule has 2 unspecified atom stereocenters. The van der Waals surface area contributed by atoms with Crippen LogP contribution in [0.25, 0.3) is 0 Å². The summed E-state index contributed by atoms with van der Waals surface area (Å²) in [5.41, 5.74) is 0. The number of hydrogen-bond acceptors (Lipinski definition) is 4. The zero-order chi connectivity index (χ0) is 9.68. The summed E-state index contributed by atoms with van der Waals surface area (Å²) in [7, 11) is 0. The average molecular weight is 180 g/mol. The lowest BCUT2D eigenvalue weighted by atomic mass is 10.0. The molecule has 1 aliphatic heterocycles. The van der Waals surface area contributed by atoms with Crippen molar-refractivity contribution in [2.45, 2.75) is 19.4 Å². The second-order valence-electron chi connectivity index (χ2n) is 2.81. The molecule has 0 aromatic carbocycles. The van der Waals surface area contributed by atoms with Gasteiger partial charge in [-0.05, 0) is 13.1 Å². The first-order valence-corrected chi connectivity index (χ1v) is 4.26. The fourth-order valence-electron chi connectivity index (χ4n) is 1.25. The van der Waals surface area contributed by atoms with Crippen molar-refractivity contribution >= 4 is 5.97 Å². The second-order valence-corrected chi connectivity index (χ2v) is 2.81. The van der Waals surface area contributed by atoms with Gasteiger partial charge in [0.25, 0.3) is 0 Å². The highest BCUT2D eigenvalue weighted by Crippen LogP contribution is 2.16. The number of ether oxygens (including phenoxy) is 1. The zero-order valence-electron chi connectivity index (χ0n) is 7.49. The SMILES string of the molecule is CCOC(=O)CC1C=CNC1C#N. The molecule has 0 saturated heterocycles. The van der Waals surface area contributed by atoms with Gasteiger partial charge in [-0.2, -0.15) is 5.26 Å². The van der Waals surface area contributed by atoms with Gasteiger partial charge in [-0.3, -0.25) is 4.79 Å². The minimum atomic E-state index is -0.288. The van der Waals surface area contributed by atoms with Gasteiger partial charge in [-0.25, -0.2) is 0 Å². The van der Waals surface area contributed by atoms with Crippen LogP contribution in [0.4, 0.5) is 0 Å². The molecule has 2 atom stereocenters. The van der Waals surface area contributed by atoms with Crippen LogP contribution in [-0.2, 0) is 9.53 Å². The van der Waals surface area contributed by atoms with Gasteiger partial charge in [0, 0.05) is 5.92 Å². The van der Waals surface area contributed by atoms with Crippen molar-refractivity contribution in [3.63, 3.8) is 0 Å². The van der Waals surface area contributed by atoms with Crippen molar-refractivity contribution in [3.8, 4) is 6.07 Å². The Kier molecular flexibility index (Phi) is 3.32. The van der Waals surface area contributed by atoms with Crippen molar-refractivity contribution < 1.29 is 9.53 Å². The van der Waals surface area contributed by atoms with Gasteiger partial charge >= 0.3 is 5.97 Å². The minimum Gasteiger partial charge on any atom is -0.466 e. The third-order valence-electron chi connectivity index (χ3n) is 1.89. The number of carbonyl (C=O) groups is 1. The van der Waals surface area contributed by atoms with Crippen LogP contribution in [0.2, 0.25) is 0 Å². The fraction of sp³-hybridized carbons (Fsp3) is 0.556. The van der Waals surface area contributed by atoms with E-state index in [1.54, 1.807) is 13.1 Å². The van der Waals surface area contributed by atoms with E-state index in [9.17, 15) is 4.79 Å². The Labute approximate surface area is 77.2 Å². The van der Waals surface area contributed by atoms with Crippen LogP contribution in [0, 0.1) is 17.2 Å². The lowest BCUT2D eigenvalue weighted by molar-refractivity contribution is -0.143. The molecular formula is C9H12N2O2. The molecule has 1 heterocycles. The summed E-state index contributed by atoms with van der Waals surface area (Å²) in [6, 6.07) is 1.79. The second kappa shape index (κ2) is 4.51. The Morgan fingerprint density at radius 2 is 2.54 bits per heavy atom. The van der Waals surface area contributed by atoms with Gasteiger partial charge in [-0.15, -0.1) is 0 Å². The molecule has 0 fully saturated rings. The molecule has 0 aromatic heterocycles. The first-order chi connectivity index (χ1) is 6.27. The molecule has 0 amide bonds. The lowest BCUT2D eigenvalue weighted by Crippen LogP contribution is -2.26. The number of nitriles is 1. The van der Waals surface area contributed by atoms with Crippen molar-refractivity contribution in [1.29, 1.82) is 5.26 Å². The van der Waals surface area contributed by atoms with Gasteiger partial charge in [0.1, 0.15) is 6.04 Å². The number of nitrogens with one attached hydrogen (secondary N) is 1. The Morgan fingerprint density at radius 3 is 3.15 bits per heavy atom. The molecule has 4 heteroatoms. The molecule has 1 rings (SSSR count). The zero-order valence-corrected chi connectivity index (χ0v) is 7.49. The monoisotopic (exact) mass is 180 g/mol. The van der Waals surface area contributed by atoms with Crippen LogP contribution in [-0.4, -0.2) is 18.6 Å². The Balaban J connectivity index is 2.40. The highest BCUT2D eigenvalue weighted by atomic mass is 16.5. The van der Waals surface area contributed by atoms with Crippen molar-refractivity contribution in [2.75, 3.05) is 6.61 Å². The molecular weight excluding hydrogens is 168 g/mol. The predicted octanol–water partition coefficient (Wildman–Crippen LogP) is 0.565. The summed E-state index contributed by atoms with van der Waals surface area (Å²) < 4.78 is 4.79. The number of esters is 1. The number of hydrogen-bond donors (Lipinski definition) is 1. The first kappa shape index (κ1) is 9.59. The largest absolute Gasteiger partial charge is 0.466 e. The van der Waals surface area contributed by atoms with Crippen molar-refractivity contribution in [1.82, 2.24) is 5.32 Å². The molecule has 0 saturated carbocycles. The predicted molar refractivity (Wildman–Crippen MR) is 46.4 cm³/mol. The van der Waals surface area contributed by atoms with E-state index >= 15 is 0 Å². The normalized spacial score (nSPS) is 24.9. The van der Waals surface area contributed by atoms with Crippen molar-refractivity contribution in [3.05, 3.63) is 12.3 Å². The van der Waals surface area contributed by atoms with E-state index in [0.717, 1.165) is 0 Å². The molecule has 70 valence electrons. The fourth-order valence-corrected chi connectivity index (χ4v) is 1.25. The maximum atomic E-state index is 11.1. The van der Waals surface area contributed by atoms with Crippen LogP contribution in [0.15, 0.2) is 12.3 Å². The summed E-state index contributed by atoms with van der Waals surface area (Å²) in [6.07, 6.45) is 3.80. The molecule has 0 spiro atoms. The number of nitrogens with zero attached hydrogens (tertiary/aromatic N) is 1. The van der Waals surface area contributed by atoms with Crippen LogP contribution in [0.3, 0.4) is 0 Å². The Morgan fingerprint density at radius 1 is 1.77 bits per heavy atom. The number of carbonyl (C=O) groups excluding carboxylic acids is 1. The van der Waals surface area contributed by atoms with E-state index in [-0.39, 0.29) is 24.3 Å². The van der Waals surface area contributed by atoms with E-state index in [2.05, 4.69) is 11.4 Å². The van der Waals surface area contributed by atoms with Gasteiger partial charge in [0.15, 0.2) is 0 Å². The maximum Gasteiger partial charge on any atom is 0.306 e. The molecule has 4 nitrogen and oxygen atoms in total. The first-order valence-electron chi connectivity index (χ1n) is 4.26. The molecule has 13 heavy (non-hydrogen) atoms. The minimum absolute atomic E-state index is 0.0518. The smallest absolute Gasteiger partial charge is 0.306 e. The van der Waals surface area contributed by atoms with Crippen LogP contribution >= 0.6 is 0 Å². The van der Waals surface area contributed by atoms with E-state index in [4.69, 9.17) is 10.00 Å². The topological polar surface area (TPSA) is 62.1 Å². The molecule has 0 radical (unpaired) electrons. The molecule has 1 aliphatic rings. The van der Waals surface area contributed by atoms with Gasteiger partial charge in [-0.1, -0.05) is 6.08 Å². The van der Waals surface area contributed by atoms with Crippen molar-refractivity contribution in [2.24, 2.45) is 5.92 Å². The summed E-state index contributed by atoms with van der Waals surface area (Å²) in [5, 5.41) is 11.5. The molecule has 1 N–H and O–H groups in total. The van der Waals surface area contributed by atoms with Gasteiger partial charge in [0.05, 0.1) is 19.1 Å². The Hall–Kier alpha value is -1.50. The molecule has 0 aliphatic carbocycles. The van der Waals surface area contributed by atoms with Crippen LogP contribution in [0.5, 0.6) is 0 Å². The standard InChI is InChI=1S/C9H12N2O2/c1-2-13-9(12)5-7-3-4-11-8(7)6-10/h3-4,7-8,11H,2,5H2,1H3. The molecule has 0 bridgehead atoms. The third-order valence-corrected chi connectivity index (χ3v) is 1.89. The van der Waals surface area contributed by atoms with E-state index in [1.807, 2.05) is 6.08 Å². The highest BCUT2D eigenvalue weighted by Gasteiger charge is 2.24. The Bertz CT molecular complexity index is 255. The van der Waals surface area contributed by atoms with Gasteiger partial charge < -0.3 is 10.1 Å². The quantitative estimate of drug-likeness (QED) is 0.645. The summed E-state index contributed by atoms with van der Waals surface area (Å²) >= 11 is 0. The lowest BCUT2D eigenvalue weighted by Gasteiger charge is -2.11. The average Bonchev–Trinajstić information content (AvgIpc) is 2.52. The van der Waals surface area contributed by atoms with E-state index in [0.29, 0.717) is 6.61 Å². The van der Waals surface area contributed by atoms with Gasteiger partial charge in [0.2, 0.25) is 0 Å². The summed E-state index contributed by atoms with van der Waals surface area (Å²) in [6.45, 7) is 2.16. The summed E-state index contributed by atoms with van der Waals surface area (Å²) in [4.78, 5) is 11.1. The molecule has 0 aromatic rings. The van der Waals surface area contributed by atoms with E-state index in [1.165, 1.54) is 0 Å². The maximum absolute atomic E-state index is 11.1.